The van der Waals surface area contributed by atoms with Crippen LogP contribution in [0, 0.1) is 0 Å². The highest BCUT2D eigenvalue weighted by Gasteiger charge is 2.23. The van der Waals surface area contributed by atoms with Gasteiger partial charge in [0.25, 0.3) is 0 Å². The fraction of sp³-hybridized carbons (Fsp3) is 0.0714. The number of nitrogens with zero attached hydrogens (tertiary/aromatic N) is 4. The Bertz CT molecular complexity index is 998. The van der Waals surface area contributed by atoms with Gasteiger partial charge in [-0.2, -0.15) is 0 Å². The largest absolute Gasteiger partial charge is 0.478 e. The Morgan fingerprint density at radius 2 is 1.88 bits per heavy atom. The first-order chi connectivity index (χ1) is 11.4. The van der Waals surface area contributed by atoms with Crippen LogP contribution in [0.4, 0.5) is 0 Å². The maximum Gasteiger partial charge on any atom is 0.335 e. The summed E-state index contributed by atoms with van der Waals surface area (Å²) in [5, 5.41) is 22.1. The molecule has 9 nitrogen and oxygen atoms in total. The fourth-order valence-corrected chi connectivity index (χ4v) is 3.08. The summed E-state index contributed by atoms with van der Waals surface area (Å²) in [5.41, 5.74) is 1.48. The number of aromatic amines is 1. The SMILES string of the molecule is CS(=O)(=O)c1nccc(-c2ccc(C(=O)O)cc2)c1-c1nnn[nH]1. The fourth-order valence-electron chi connectivity index (χ4n) is 2.25. The van der Waals surface area contributed by atoms with Gasteiger partial charge in [-0.1, -0.05) is 12.1 Å². The first-order valence-electron chi connectivity index (χ1n) is 6.65. The van der Waals surface area contributed by atoms with E-state index >= 15 is 0 Å². The highest BCUT2D eigenvalue weighted by molar-refractivity contribution is 7.90. The second-order valence-corrected chi connectivity index (χ2v) is 6.87. The van der Waals surface area contributed by atoms with E-state index in [1.165, 1.54) is 18.3 Å². The van der Waals surface area contributed by atoms with Crippen molar-refractivity contribution in [2.45, 2.75) is 5.03 Å². The normalized spacial score (nSPS) is 11.4. The minimum atomic E-state index is -3.63. The monoisotopic (exact) mass is 345 g/mol. The van der Waals surface area contributed by atoms with Gasteiger partial charge >= 0.3 is 5.97 Å². The van der Waals surface area contributed by atoms with Crippen LogP contribution in [-0.4, -0.2) is 51.4 Å². The molecule has 10 heteroatoms. The molecule has 0 amide bonds. The van der Waals surface area contributed by atoms with Gasteiger partial charge in [0.1, 0.15) is 0 Å². The van der Waals surface area contributed by atoms with E-state index in [9.17, 15) is 13.2 Å². The summed E-state index contributed by atoms with van der Waals surface area (Å²) in [6.45, 7) is 0. The highest BCUT2D eigenvalue weighted by Crippen LogP contribution is 2.33. The number of nitrogens with one attached hydrogen (secondary N) is 1. The third-order valence-electron chi connectivity index (χ3n) is 3.29. The van der Waals surface area contributed by atoms with E-state index in [2.05, 4.69) is 25.6 Å². The highest BCUT2D eigenvalue weighted by atomic mass is 32.2. The van der Waals surface area contributed by atoms with Crippen molar-refractivity contribution in [2.24, 2.45) is 0 Å². The van der Waals surface area contributed by atoms with Crippen molar-refractivity contribution in [1.29, 1.82) is 0 Å². The van der Waals surface area contributed by atoms with Crippen LogP contribution < -0.4 is 0 Å². The van der Waals surface area contributed by atoms with Crippen LogP contribution in [0.3, 0.4) is 0 Å². The number of rotatable bonds is 4. The molecule has 0 unspecified atom stereocenters. The second-order valence-electron chi connectivity index (χ2n) is 4.94. The first-order valence-corrected chi connectivity index (χ1v) is 8.54. The van der Waals surface area contributed by atoms with Gasteiger partial charge in [0.15, 0.2) is 20.7 Å². The van der Waals surface area contributed by atoms with Gasteiger partial charge in [-0.25, -0.2) is 23.3 Å². The zero-order chi connectivity index (χ0) is 17.3. The first kappa shape index (κ1) is 15.7. The lowest BCUT2D eigenvalue weighted by molar-refractivity contribution is 0.0697. The standard InChI is InChI=1S/C14H11N5O4S/c1-24(22,23)13-11(12-16-18-19-17-12)10(6-7-15-13)8-2-4-9(5-3-8)14(20)21/h2-7H,1H3,(H,20,21)(H,16,17,18,19). The van der Waals surface area contributed by atoms with Crippen molar-refractivity contribution in [3.8, 4) is 22.5 Å². The molecule has 0 spiro atoms. The van der Waals surface area contributed by atoms with Crippen LogP contribution in [0.5, 0.6) is 0 Å². The zero-order valence-electron chi connectivity index (χ0n) is 12.3. The predicted molar refractivity (Wildman–Crippen MR) is 82.9 cm³/mol. The predicted octanol–water partition coefficient (Wildman–Crippen LogP) is 1.03. The molecule has 0 aliphatic carbocycles. The molecule has 2 N–H and O–H groups in total. The molecule has 0 saturated carbocycles. The third-order valence-corrected chi connectivity index (χ3v) is 4.30. The number of hydrogen-bond donors (Lipinski definition) is 2. The Morgan fingerprint density at radius 3 is 2.42 bits per heavy atom. The van der Waals surface area contributed by atoms with Gasteiger partial charge in [0.05, 0.1) is 11.1 Å². The molecular formula is C14H11N5O4S. The number of sulfone groups is 1. The van der Waals surface area contributed by atoms with Crippen molar-refractivity contribution in [3.63, 3.8) is 0 Å². The number of carboxylic acid groups (broad SMARTS) is 1. The summed E-state index contributed by atoms with van der Waals surface area (Å²) >= 11 is 0. The number of pyridine rings is 1. The summed E-state index contributed by atoms with van der Waals surface area (Å²) in [6.07, 6.45) is 2.41. The van der Waals surface area contributed by atoms with Crippen molar-refractivity contribution in [1.82, 2.24) is 25.6 Å². The van der Waals surface area contributed by atoms with E-state index in [1.807, 2.05) is 0 Å². The molecule has 1 aromatic carbocycles. The third kappa shape index (κ3) is 2.86. The maximum absolute atomic E-state index is 12.1. The van der Waals surface area contributed by atoms with Crippen LogP contribution in [0.15, 0.2) is 41.6 Å². The minimum absolute atomic E-state index is 0.124. The van der Waals surface area contributed by atoms with Crippen LogP contribution in [0.1, 0.15) is 10.4 Å². The summed E-state index contributed by atoms with van der Waals surface area (Å²) in [4.78, 5) is 14.9. The lowest BCUT2D eigenvalue weighted by atomic mass is 10.00. The number of H-pyrrole nitrogens is 1. The molecule has 3 aromatic rings. The van der Waals surface area contributed by atoms with Crippen LogP contribution in [0.25, 0.3) is 22.5 Å². The topological polar surface area (TPSA) is 139 Å². The average Bonchev–Trinajstić information content (AvgIpc) is 3.07. The Balaban J connectivity index is 2.27. The molecule has 0 bridgehead atoms. The van der Waals surface area contributed by atoms with Crippen LogP contribution in [-0.2, 0) is 9.84 Å². The van der Waals surface area contributed by atoms with Crippen molar-refractivity contribution < 1.29 is 18.3 Å². The number of aromatic carboxylic acids is 1. The molecule has 0 radical (unpaired) electrons. The second kappa shape index (κ2) is 5.81. The van der Waals surface area contributed by atoms with Gasteiger partial charge in [-0.3, -0.25) is 0 Å². The lowest BCUT2D eigenvalue weighted by Crippen LogP contribution is -2.05. The Hall–Kier alpha value is -3.14. The van der Waals surface area contributed by atoms with E-state index in [0.717, 1.165) is 6.26 Å². The molecule has 122 valence electrons. The van der Waals surface area contributed by atoms with Crippen LogP contribution in [0.2, 0.25) is 0 Å². The number of carboxylic acids is 1. The smallest absolute Gasteiger partial charge is 0.335 e. The summed E-state index contributed by atoms with van der Waals surface area (Å²) < 4.78 is 24.1. The molecule has 0 aliphatic rings. The quantitative estimate of drug-likeness (QED) is 0.715. The van der Waals surface area contributed by atoms with Gasteiger partial charge < -0.3 is 5.11 Å². The molecule has 3 rings (SSSR count). The number of benzene rings is 1. The lowest BCUT2D eigenvalue weighted by Gasteiger charge is -2.11. The number of aromatic nitrogens is 5. The van der Waals surface area contributed by atoms with Gasteiger partial charge in [0, 0.05) is 12.5 Å². The molecular weight excluding hydrogens is 334 g/mol. The molecule has 0 aliphatic heterocycles. The number of hydrogen-bond acceptors (Lipinski definition) is 7. The van der Waals surface area contributed by atoms with Crippen molar-refractivity contribution in [2.75, 3.05) is 6.26 Å². The molecule has 2 heterocycles. The molecule has 0 atom stereocenters. The van der Waals surface area contributed by atoms with Gasteiger partial charge in [-0.15, -0.1) is 5.10 Å². The zero-order valence-corrected chi connectivity index (χ0v) is 13.1. The van der Waals surface area contributed by atoms with Crippen LogP contribution >= 0.6 is 0 Å². The summed E-state index contributed by atoms with van der Waals surface area (Å²) in [6, 6.07) is 7.64. The van der Waals surface area contributed by atoms with Gasteiger partial charge in [-0.05, 0) is 39.8 Å². The molecule has 24 heavy (non-hydrogen) atoms. The number of carbonyl (C=O) groups is 1. The molecule has 0 fully saturated rings. The van der Waals surface area contributed by atoms with Crippen molar-refractivity contribution >= 4 is 15.8 Å². The minimum Gasteiger partial charge on any atom is -0.478 e. The Labute approximate surface area is 136 Å². The maximum atomic E-state index is 12.1. The molecule has 0 saturated heterocycles. The van der Waals surface area contributed by atoms with E-state index in [0.29, 0.717) is 11.1 Å². The summed E-state index contributed by atoms with van der Waals surface area (Å²) in [7, 11) is -3.63. The van der Waals surface area contributed by atoms with E-state index in [4.69, 9.17) is 5.11 Å². The van der Waals surface area contributed by atoms with Gasteiger partial charge in [0.2, 0.25) is 0 Å². The van der Waals surface area contributed by atoms with E-state index in [1.54, 1.807) is 18.2 Å². The number of tetrazole rings is 1. The van der Waals surface area contributed by atoms with E-state index < -0.39 is 15.8 Å². The Kier molecular flexibility index (Phi) is 3.81. The summed E-state index contributed by atoms with van der Waals surface area (Å²) in [5.74, 6) is -0.895. The van der Waals surface area contributed by atoms with Crippen molar-refractivity contribution in [3.05, 3.63) is 42.1 Å². The molecule has 2 aromatic heterocycles. The Morgan fingerprint density at radius 1 is 1.17 bits per heavy atom. The van der Waals surface area contributed by atoms with E-state index in [-0.39, 0.29) is 22.0 Å². The average molecular weight is 345 g/mol.